The number of hydrogen-bond donors (Lipinski definition) is 0. The van der Waals surface area contributed by atoms with Gasteiger partial charge in [0, 0.05) is 30.1 Å². The Morgan fingerprint density at radius 2 is 2.16 bits per heavy atom. The highest BCUT2D eigenvalue weighted by atomic mass is 16.3. The summed E-state index contributed by atoms with van der Waals surface area (Å²) in [6.07, 6.45) is 4.07. The lowest BCUT2D eigenvalue weighted by Crippen LogP contribution is -2.28. The van der Waals surface area contributed by atoms with E-state index in [0.717, 1.165) is 23.6 Å². The van der Waals surface area contributed by atoms with Crippen molar-refractivity contribution in [2.75, 3.05) is 11.4 Å². The highest BCUT2D eigenvalue weighted by Gasteiger charge is 2.52. The van der Waals surface area contributed by atoms with Crippen LogP contribution in [0.15, 0.2) is 41.0 Å². The monoisotopic (exact) mass is 253 g/mol. The van der Waals surface area contributed by atoms with Gasteiger partial charge in [-0.25, -0.2) is 0 Å². The Morgan fingerprint density at radius 1 is 1.32 bits per heavy atom. The first kappa shape index (κ1) is 10.9. The van der Waals surface area contributed by atoms with Crippen molar-refractivity contribution in [1.82, 2.24) is 0 Å². The van der Waals surface area contributed by atoms with Gasteiger partial charge in [0.2, 0.25) is 5.91 Å². The summed E-state index contributed by atoms with van der Waals surface area (Å²) in [4.78, 5) is 13.7. The number of nitrogens with zero attached hydrogens (tertiary/aromatic N) is 1. The molecule has 0 saturated heterocycles. The SMILES string of the molecule is CC(=O)N1CC2(CC2)c2ccc(-c3ccco3)cc21. The molecule has 1 aromatic heterocycles. The van der Waals surface area contributed by atoms with Crippen LogP contribution in [0.2, 0.25) is 0 Å². The maximum Gasteiger partial charge on any atom is 0.223 e. The van der Waals surface area contributed by atoms with E-state index in [1.807, 2.05) is 17.0 Å². The molecule has 3 nitrogen and oxygen atoms in total. The van der Waals surface area contributed by atoms with Crippen molar-refractivity contribution < 1.29 is 9.21 Å². The molecule has 0 atom stereocenters. The van der Waals surface area contributed by atoms with E-state index in [2.05, 4.69) is 18.2 Å². The van der Waals surface area contributed by atoms with Gasteiger partial charge in [0.05, 0.1) is 6.26 Å². The molecule has 0 radical (unpaired) electrons. The summed E-state index contributed by atoms with van der Waals surface area (Å²) in [5, 5.41) is 0. The molecule has 96 valence electrons. The molecular formula is C16H15NO2. The molecule has 3 heteroatoms. The van der Waals surface area contributed by atoms with Crippen LogP contribution >= 0.6 is 0 Å². The number of amides is 1. The van der Waals surface area contributed by atoms with Crippen LogP contribution in [0.25, 0.3) is 11.3 Å². The van der Waals surface area contributed by atoms with Crippen molar-refractivity contribution in [3.63, 3.8) is 0 Å². The highest BCUT2D eigenvalue weighted by molar-refractivity contribution is 5.96. The molecule has 0 bridgehead atoms. The smallest absolute Gasteiger partial charge is 0.223 e. The van der Waals surface area contributed by atoms with Crippen LogP contribution in [0.3, 0.4) is 0 Å². The van der Waals surface area contributed by atoms with Crippen LogP contribution in [0, 0.1) is 0 Å². The van der Waals surface area contributed by atoms with Gasteiger partial charge in [0.25, 0.3) is 0 Å². The number of carbonyl (C=O) groups is 1. The van der Waals surface area contributed by atoms with E-state index >= 15 is 0 Å². The van der Waals surface area contributed by atoms with Gasteiger partial charge in [-0.05, 0) is 36.6 Å². The highest BCUT2D eigenvalue weighted by Crippen LogP contribution is 2.56. The Balaban J connectivity index is 1.86. The molecule has 0 unspecified atom stereocenters. The first-order valence-electron chi connectivity index (χ1n) is 6.66. The zero-order valence-electron chi connectivity index (χ0n) is 10.8. The number of benzene rings is 1. The second-order valence-corrected chi connectivity index (χ2v) is 5.59. The fourth-order valence-corrected chi connectivity index (χ4v) is 3.13. The predicted octanol–water partition coefficient (Wildman–Crippen LogP) is 3.34. The lowest BCUT2D eigenvalue weighted by atomic mass is 9.97. The summed E-state index contributed by atoms with van der Waals surface area (Å²) in [7, 11) is 0. The van der Waals surface area contributed by atoms with E-state index in [1.54, 1.807) is 13.2 Å². The zero-order chi connectivity index (χ0) is 13.0. The minimum Gasteiger partial charge on any atom is -0.464 e. The molecule has 1 aliphatic heterocycles. The Bertz CT molecular complexity index is 653. The van der Waals surface area contributed by atoms with E-state index < -0.39 is 0 Å². The van der Waals surface area contributed by atoms with Crippen molar-refractivity contribution in [2.45, 2.75) is 25.2 Å². The van der Waals surface area contributed by atoms with Crippen molar-refractivity contribution >= 4 is 11.6 Å². The molecule has 1 aliphatic carbocycles. The molecule has 1 aromatic carbocycles. The normalized spacial score (nSPS) is 18.7. The Labute approximate surface area is 111 Å². The second-order valence-electron chi connectivity index (χ2n) is 5.59. The lowest BCUT2D eigenvalue weighted by Gasteiger charge is -2.15. The minimum absolute atomic E-state index is 0.126. The van der Waals surface area contributed by atoms with E-state index in [1.165, 1.54) is 18.4 Å². The van der Waals surface area contributed by atoms with Crippen LogP contribution < -0.4 is 4.90 Å². The predicted molar refractivity (Wildman–Crippen MR) is 73.1 cm³/mol. The maximum absolute atomic E-state index is 11.8. The summed E-state index contributed by atoms with van der Waals surface area (Å²) >= 11 is 0. The van der Waals surface area contributed by atoms with Gasteiger partial charge < -0.3 is 9.32 Å². The summed E-state index contributed by atoms with van der Waals surface area (Å²) in [5.74, 6) is 0.977. The van der Waals surface area contributed by atoms with Gasteiger partial charge in [-0.1, -0.05) is 12.1 Å². The Morgan fingerprint density at radius 3 is 2.79 bits per heavy atom. The number of anilines is 1. The van der Waals surface area contributed by atoms with Gasteiger partial charge in [-0.2, -0.15) is 0 Å². The summed E-state index contributed by atoms with van der Waals surface area (Å²) in [6, 6.07) is 10.2. The van der Waals surface area contributed by atoms with E-state index in [4.69, 9.17) is 4.42 Å². The minimum atomic E-state index is 0.126. The van der Waals surface area contributed by atoms with Gasteiger partial charge in [0.15, 0.2) is 0 Å². The van der Waals surface area contributed by atoms with Gasteiger partial charge >= 0.3 is 0 Å². The third-order valence-electron chi connectivity index (χ3n) is 4.36. The van der Waals surface area contributed by atoms with Crippen molar-refractivity contribution in [2.24, 2.45) is 0 Å². The van der Waals surface area contributed by atoms with Crippen LogP contribution in [-0.4, -0.2) is 12.5 Å². The largest absolute Gasteiger partial charge is 0.464 e. The maximum atomic E-state index is 11.8. The first-order chi connectivity index (χ1) is 9.20. The van der Waals surface area contributed by atoms with E-state index in [9.17, 15) is 4.79 Å². The second kappa shape index (κ2) is 3.50. The molecule has 1 saturated carbocycles. The van der Waals surface area contributed by atoms with Crippen molar-refractivity contribution in [3.8, 4) is 11.3 Å². The molecule has 0 N–H and O–H groups in total. The van der Waals surface area contributed by atoms with Crippen LogP contribution in [0.4, 0.5) is 5.69 Å². The summed E-state index contributed by atoms with van der Waals surface area (Å²) in [6.45, 7) is 2.49. The number of fused-ring (bicyclic) bond motifs is 2. The molecule has 2 heterocycles. The number of carbonyl (C=O) groups excluding carboxylic acids is 1. The summed E-state index contributed by atoms with van der Waals surface area (Å²) in [5.41, 5.74) is 3.69. The number of furan rings is 1. The zero-order valence-corrected chi connectivity index (χ0v) is 10.8. The molecule has 4 rings (SSSR count). The molecule has 1 spiro atoms. The van der Waals surface area contributed by atoms with E-state index in [0.29, 0.717) is 0 Å². The average molecular weight is 253 g/mol. The molecule has 2 aromatic rings. The molecule has 1 amide bonds. The lowest BCUT2D eigenvalue weighted by molar-refractivity contribution is -0.116. The fraction of sp³-hybridized carbons (Fsp3) is 0.312. The molecular weight excluding hydrogens is 238 g/mol. The quantitative estimate of drug-likeness (QED) is 0.781. The molecule has 1 fully saturated rings. The van der Waals surface area contributed by atoms with Crippen LogP contribution in [-0.2, 0) is 10.2 Å². The Hall–Kier alpha value is -2.03. The van der Waals surface area contributed by atoms with Crippen LogP contribution in [0.5, 0.6) is 0 Å². The molecule has 2 aliphatic rings. The molecule has 19 heavy (non-hydrogen) atoms. The van der Waals surface area contributed by atoms with Gasteiger partial charge in [-0.15, -0.1) is 0 Å². The number of rotatable bonds is 1. The van der Waals surface area contributed by atoms with Gasteiger partial charge in [-0.3, -0.25) is 4.79 Å². The number of hydrogen-bond acceptors (Lipinski definition) is 2. The van der Waals surface area contributed by atoms with Crippen molar-refractivity contribution in [1.29, 1.82) is 0 Å². The topological polar surface area (TPSA) is 33.5 Å². The standard InChI is InChI=1S/C16H15NO2/c1-11(18)17-10-16(6-7-16)13-5-4-12(9-14(13)17)15-3-2-8-19-15/h2-5,8-9H,6-7,10H2,1H3. The van der Waals surface area contributed by atoms with Crippen molar-refractivity contribution in [3.05, 3.63) is 42.2 Å². The van der Waals surface area contributed by atoms with E-state index in [-0.39, 0.29) is 11.3 Å². The van der Waals surface area contributed by atoms with Gasteiger partial charge in [0.1, 0.15) is 5.76 Å². The average Bonchev–Trinajstić information content (AvgIpc) is 2.87. The fourth-order valence-electron chi connectivity index (χ4n) is 3.13. The Kier molecular flexibility index (Phi) is 2.00. The third kappa shape index (κ3) is 1.47. The summed E-state index contributed by atoms with van der Waals surface area (Å²) < 4.78 is 5.44. The van der Waals surface area contributed by atoms with Crippen LogP contribution in [0.1, 0.15) is 25.3 Å². The third-order valence-corrected chi connectivity index (χ3v) is 4.36. The first-order valence-corrected chi connectivity index (χ1v) is 6.66.